The zero-order chi connectivity index (χ0) is 13.4. The van der Waals surface area contributed by atoms with Crippen molar-refractivity contribution < 1.29 is 13.9 Å². The van der Waals surface area contributed by atoms with Crippen LogP contribution >= 0.6 is 22.9 Å². The number of rotatable bonds is 2. The Labute approximate surface area is 116 Å². The number of furan rings is 1. The zero-order valence-corrected chi connectivity index (χ0v) is 11.3. The van der Waals surface area contributed by atoms with Gasteiger partial charge in [0.1, 0.15) is 9.98 Å². The Balaban J connectivity index is 2.08. The molecule has 7 heteroatoms. The molecule has 0 radical (unpaired) electrons. The number of halogens is 1. The first-order chi connectivity index (χ1) is 9.19. The number of ether oxygens (including phenoxy) is 1. The summed E-state index contributed by atoms with van der Waals surface area (Å²) >= 11 is 7.53. The van der Waals surface area contributed by atoms with Gasteiger partial charge in [0.05, 0.1) is 7.11 Å². The summed E-state index contributed by atoms with van der Waals surface area (Å²) in [7, 11) is 1.29. The van der Waals surface area contributed by atoms with Crippen LogP contribution in [0.5, 0.6) is 0 Å². The summed E-state index contributed by atoms with van der Waals surface area (Å²) in [5.41, 5.74) is 0. The number of aromatic nitrogens is 2. The van der Waals surface area contributed by atoms with E-state index in [0.717, 1.165) is 10.2 Å². The van der Waals surface area contributed by atoms with Crippen LogP contribution in [0.15, 0.2) is 28.0 Å². The maximum atomic E-state index is 11.3. The molecule has 3 rings (SSSR count). The molecule has 0 amide bonds. The van der Waals surface area contributed by atoms with Crippen molar-refractivity contribution in [2.75, 3.05) is 7.11 Å². The third-order valence-electron chi connectivity index (χ3n) is 2.49. The van der Waals surface area contributed by atoms with Gasteiger partial charge in [0.15, 0.2) is 11.6 Å². The molecule has 0 unspecified atom stereocenters. The molecule has 0 atom stereocenters. The number of carbonyl (C=O) groups is 1. The molecule has 0 fully saturated rings. The molecule has 0 spiro atoms. The van der Waals surface area contributed by atoms with Crippen LogP contribution in [0.25, 0.3) is 21.8 Å². The first kappa shape index (κ1) is 12.1. The van der Waals surface area contributed by atoms with Gasteiger partial charge in [0.2, 0.25) is 5.76 Å². The second-order valence-electron chi connectivity index (χ2n) is 3.63. The lowest BCUT2D eigenvalue weighted by atomic mass is 10.4. The second-order valence-corrected chi connectivity index (χ2v) is 4.89. The lowest BCUT2D eigenvalue weighted by molar-refractivity contribution is 0.0566. The molecule has 5 nitrogen and oxygen atoms in total. The topological polar surface area (TPSA) is 65.2 Å². The van der Waals surface area contributed by atoms with Crippen LogP contribution in [0.1, 0.15) is 10.6 Å². The Morgan fingerprint density at radius 2 is 2.21 bits per heavy atom. The van der Waals surface area contributed by atoms with Crippen molar-refractivity contribution in [3.05, 3.63) is 34.5 Å². The van der Waals surface area contributed by atoms with E-state index in [2.05, 4.69) is 14.7 Å². The largest absolute Gasteiger partial charge is 0.463 e. The molecule has 0 saturated heterocycles. The molecule has 0 aliphatic carbocycles. The Bertz CT molecular complexity index is 765. The quantitative estimate of drug-likeness (QED) is 0.535. The van der Waals surface area contributed by atoms with Gasteiger partial charge in [-0.25, -0.2) is 14.8 Å². The Morgan fingerprint density at radius 1 is 1.37 bits per heavy atom. The highest BCUT2D eigenvalue weighted by molar-refractivity contribution is 7.16. The molecule has 0 bridgehead atoms. The fourth-order valence-corrected chi connectivity index (χ4v) is 2.65. The molecule has 0 aliphatic heterocycles. The summed E-state index contributed by atoms with van der Waals surface area (Å²) in [6, 6.07) is 4.97. The van der Waals surface area contributed by atoms with Crippen LogP contribution in [-0.2, 0) is 4.74 Å². The summed E-state index contributed by atoms with van der Waals surface area (Å²) in [5, 5.41) is 3.05. The van der Waals surface area contributed by atoms with Crippen LogP contribution < -0.4 is 0 Å². The van der Waals surface area contributed by atoms with E-state index in [1.807, 2.05) is 11.4 Å². The van der Waals surface area contributed by atoms with Crippen molar-refractivity contribution in [1.82, 2.24) is 9.97 Å². The summed E-state index contributed by atoms with van der Waals surface area (Å²) in [6.45, 7) is 0. The fourth-order valence-electron chi connectivity index (χ4n) is 1.60. The van der Waals surface area contributed by atoms with E-state index >= 15 is 0 Å². The molecule has 0 aliphatic rings. The van der Waals surface area contributed by atoms with Gasteiger partial charge in [-0.15, -0.1) is 11.3 Å². The minimum Gasteiger partial charge on any atom is -0.463 e. The van der Waals surface area contributed by atoms with E-state index in [-0.39, 0.29) is 5.76 Å². The summed E-state index contributed by atoms with van der Waals surface area (Å²) < 4.78 is 9.92. The third kappa shape index (κ3) is 2.09. The Kier molecular flexibility index (Phi) is 2.96. The van der Waals surface area contributed by atoms with E-state index < -0.39 is 5.97 Å². The van der Waals surface area contributed by atoms with Crippen molar-refractivity contribution in [2.24, 2.45) is 0 Å². The number of carbonyl (C=O) groups excluding carboxylic acids is 1. The molecule has 0 N–H and O–H groups in total. The highest BCUT2D eigenvalue weighted by Crippen LogP contribution is 2.28. The van der Waals surface area contributed by atoms with E-state index in [0.29, 0.717) is 16.7 Å². The van der Waals surface area contributed by atoms with E-state index in [4.69, 9.17) is 16.0 Å². The molecule has 3 aromatic rings. The highest BCUT2D eigenvalue weighted by atomic mass is 35.5. The molecule has 0 saturated carbocycles. The smallest absolute Gasteiger partial charge is 0.373 e. The van der Waals surface area contributed by atoms with Crippen LogP contribution in [0.4, 0.5) is 0 Å². The first-order valence-electron chi connectivity index (χ1n) is 5.28. The summed E-state index contributed by atoms with van der Waals surface area (Å²) in [4.78, 5) is 20.6. The third-order valence-corrected chi connectivity index (χ3v) is 3.59. The average Bonchev–Trinajstić information content (AvgIpc) is 3.06. The molecule has 96 valence electrons. The van der Waals surface area contributed by atoms with Crippen LogP contribution in [-0.4, -0.2) is 23.0 Å². The van der Waals surface area contributed by atoms with Crippen molar-refractivity contribution >= 4 is 39.1 Å². The molecular formula is C12H7ClN2O3S. The lowest BCUT2D eigenvalue weighted by Crippen LogP contribution is -1.98. The number of hydrogen-bond acceptors (Lipinski definition) is 6. The molecule has 0 aromatic carbocycles. The maximum absolute atomic E-state index is 11.3. The number of nitrogens with zero attached hydrogens (tertiary/aromatic N) is 2. The number of hydrogen-bond donors (Lipinski definition) is 0. The van der Waals surface area contributed by atoms with E-state index in [1.54, 1.807) is 6.07 Å². The highest BCUT2D eigenvalue weighted by Gasteiger charge is 2.15. The minimum atomic E-state index is -0.547. The van der Waals surface area contributed by atoms with Crippen molar-refractivity contribution in [2.45, 2.75) is 0 Å². The Hall–Kier alpha value is -1.92. The fraction of sp³-hybridized carbons (Fsp3) is 0.0833. The first-order valence-corrected chi connectivity index (χ1v) is 6.54. The number of esters is 1. The van der Waals surface area contributed by atoms with Crippen molar-refractivity contribution in [3.63, 3.8) is 0 Å². The second kappa shape index (κ2) is 4.64. The predicted octanol–water partition coefficient (Wildman–Crippen LogP) is 3.39. The van der Waals surface area contributed by atoms with Gasteiger partial charge >= 0.3 is 5.97 Å². The molecular weight excluding hydrogens is 288 g/mol. The van der Waals surface area contributed by atoms with Crippen LogP contribution in [0.2, 0.25) is 5.15 Å². The monoisotopic (exact) mass is 294 g/mol. The van der Waals surface area contributed by atoms with Gasteiger partial charge in [0.25, 0.3) is 0 Å². The standard InChI is InChI=1S/C12H7ClN2O3S/c1-17-12(16)8-3-2-7(18-8)10-14-9(13)6-4-5-19-11(6)15-10/h2-5H,1H3. The maximum Gasteiger partial charge on any atom is 0.373 e. The lowest BCUT2D eigenvalue weighted by Gasteiger charge is -1.98. The van der Waals surface area contributed by atoms with Crippen LogP contribution in [0.3, 0.4) is 0 Å². The normalized spacial score (nSPS) is 10.8. The predicted molar refractivity (Wildman–Crippen MR) is 71.5 cm³/mol. The molecule has 3 heterocycles. The zero-order valence-electron chi connectivity index (χ0n) is 9.71. The number of fused-ring (bicyclic) bond motifs is 1. The Morgan fingerprint density at radius 3 is 3.00 bits per heavy atom. The summed E-state index contributed by atoms with van der Waals surface area (Å²) in [6.07, 6.45) is 0. The number of methoxy groups -OCH3 is 1. The van der Waals surface area contributed by atoms with E-state index in [1.165, 1.54) is 24.5 Å². The SMILES string of the molecule is COC(=O)c1ccc(-c2nc(Cl)c3ccsc3n2)o1. The van der Waals surface area contributed by atoms with Crippen molar-refractivity contribution in [3.8, 4) is 11.6 Å². The molecule has 3 aromatic heterocycles. The van der Waals surface area contributed by atoms with Gasteiger partial charge < -0.3 is 9.15 Å². The van der Waals surface area contributed by atoms with Gasteiger partial charge in [0, 0.05) is 5.39 Å². The van der Waals surface area contributed by atoms with Gasteiger partial charge in [-0.2, -0.15) is 0 Å². The van der Waals surface area contributed by atoms with Crippen LogP contribution in [0, 0.1) is 0 Å². The van der Waals surface area contributed by atoms with Crippen molar-refractivity contribution in [1.29, 1.82) is 0 Å². The van der Waals surface area contributed by atoms with Gasteiger partial charge in [-0.1, -0.05) is 11.6 Å². The van der Waals surface area contributed by atoms with E-state index in [9.17, 15) is 4.79 Å². The van der Waals surface area contributed by atoms with Gasteiger partial charge in [-0.05, 0) is 23.6 Å². The average molecular weight is 295 g/mol. The number of thiophene rings is 1. The minimum absolute atomic E-state index is 0.100. The molecule has 19 heavy (non-hydrogen) atoms. The summed E-state index contributed by atoms with van der Waals surface area (Å²) in [5.74, 6) is 0.269. The van der Waals surface area contributed by atoms with Gasteiger partial charge in [-0.3, -0.25) is 0 Å².